The average Bonchev–Trinajstić information content (AvgIpc) is 4.14. The molecule has 0 radical (unpaired) electrons. The Balaban J connectivity index is 0.000000148. The van der Waals surface area contributed by atoms with E-state index >= 15 is 0 Å². The van der Waals surface area contributed by atoms with E-state index in [1.807, 2.05) is 48.3 Å². The van der Waals surface area contributed by atoms with Gasteiger partial charge in [0.25, 0.3) is 23.6 Å². The topological polar surface area (TPSA) is 136 Å². The summed E-state index contributed by atoms with van der Waals surface area (Å²) in [6, 6.07) is 28.3. The Bertz CT molecular complexity index is 3230. The summed E-state index contributed by atoms with van der Waals surface area (Å²) in [5, 5.41) is 2.92. The molecular formula is C56H57Cl3N8O4Sn. The standard InChI is InChI=1S/C22H15ClN4O2.C18H10Cl2N2O2.C4H5N2.3C4H9.Sn/c1-26-12-24-10-18(26)20-14(9-13-5-4-8-17(23)19(13)25-20)11-27-21(28)15-6-2-3-7-16(15)22(27)29;19-14-7-3-4-10-8-11(16(20)21-15(10)14)9-22-17(23)12-5-1-2-6-13(12)18(22)24;1-6-3-2-5-4-6;3*1-3-4-2;/h2-10,12H,11H2,1H3;1-8H,9H2;2,4H,1H3;3*1,3-4H2,2H3;. The van der Waals surface area contributed by atoms with E-state index in [0.717, 1.165) is 22.0 Å². The number of aromatic nitrogens is 6. The number of hydrogen-bond acceptors (Lipinski definition) is 8. The number of imidazole rings is 2. The molecule has 0 atom stereocenters. The molecule has 6 heterocycles. The van der Waals surface area contributed by atoms with Crippen molar-refractivity contribution < 1.29 is 19.2 Å². The number of rotatable bonds is 15. The molecular weight excluding hydrogens is 1070 g/mol. The van der Waals surface area contributed by atoms with Gasteiger partial charge < -0.3 is 4.57 Å². The average molecular weight is 1130 g/mol. The zero-order chi connectivity index (χ0) is 51.1. The Morgan fingerprint density at radius 2 is 0.944 bits per heavy atom. The summed E-state index contributed by atoms with van der Waals surface area (Å²) in [6.07, 6.45) is 15.9. The molecule has 10 rings (SSSR count). The van der Waals surface area contributed by atoms with Crippen LogP contribution in [0.3, 0.4) is 0 Å². The summed E-state index contributed by atoms with van der Waals surface area (Å²) in [6.45, 7) is 7.18. The van der Waals surface area contributed by atoms with Crippen molar-refractivity contribution in [3.05, 3.63) is 171 Å². The molecule has 0 saturated carbocycles. The van der Waals surface area contributed by atoms with Gasteiger partial charge in [-0.1, -0.05) is 83.3 Å². The number of fused-ring (bicyclic) bond motifs is 4. The molecule has 0 spiro atoms. The van der Waals surface area contributed by atoms with Crippen LogP contribution in [-0.4, -0.2) is 80.9 Å². The number of amides is 4. The summed E-state index contributed by atoms with van der Waals surface area (Å²) in [5.74, 6) is -1.24. The van der Waals surface area contributed by atoms with Crippen molar-refractivity contribution in [2.45, 2.75) is 85.7 Å². The fourth-order valence-corrected chi connectivity index (χ4v) is 26.8. The zero-order valence-corrected chi connectivity index (χ0v) is 46.3. The minimum atomic E-state index is -2.19. The Morgan fingerprint density at radius 1 is 0.514 bits per heavy atom. The van der Waals surface area contributed by atoms with E-state index < -0.39 is 18.4 Å². The second-order valence-corrected chi connectivity index (χ2v) is 32.6. The minimum Gasteiger partial charge on any atom is -0.332 e. The first-order valence-electron chi connectivity index (χ1n) is 24.5. The monoisotopic (exact) mass is 1130 g/mol. The molecule has 8 aromatic rings. The van der Waals surface area contributed by atoms with Gasteiger partial charge in [0.1, 0.15) is 5.15 Å². The van der Waals surface area contributed by atoms with Crippen molar-refractivity contribution in [1.82, 2.24) is 38.9 Å². The van der Waals surface area contributed by atoms with E-state index in [2.05, 4.69) is 53.5 Å². The van der Waals surface area contributed by atoms with E-state index in [4.69, 9.17) is 39.8 Å². The van der Waals surface area contributed by atoms with Crippen LogP contribution in [0.15, 0.2) is 122 Å². The molecule has 16 heteroatoms. The molecule has 4 aromatic heterocycles. The van der Waals surface area contributed by atoms with Gasteiger partial charge in [0.15, 0.2) is 0 Å². The van der Waals surface area contributed by atoms with E-state index in [9.17, 15) is 19.2 Å². The van der Waals surface area contributed by atoms with Gasteiger partial charge in [-0.15, -0.1) is 0 Å². The van der Waals surface area contributed by atoms with Crippen molar-refractivity contribution in [2.24, 2.45) is 14.1 Å². The third kappa shape index (κ3) is 10.9. The number of nitrogens with zero attached hydrogens (tertiary/aromatic N) is 8. The van der Waals surface area contributed by atoms with Crippen molar-refractivity contribution >= 4 is 102 Å². The smallest absolute Gasteiger partial charge is 0.261 e. The number of benzene rings is 4. The SMILES string of the molecule is CCC[CH2][Sn]([CH2]CCC)([CH2]CCC)[c]1cncn1C.Cn1cncc1-c1nc2c(Cl)cccc2cc1CN1C(=O)c2ccccc2C1=O.O=C1c2ccccc2C(=O)N1Cc1cc2cccc(Cl)c2nc1Cl. The van der Waals surface area contributed by atoms with Crippen LogP contribution in [0.5, 0.6) is 0 Å². The van der Waals surface area contributed by atoms with Crippen molar-refractivity contribution in [3.63, 3.8) is 0 Å². The van der Waals surface area contributed by atoms with Gasteiger partial charge >= 0.3 is 124 Å². The fraction of sp³-hybridized carbons (Fsp3) is 0.286. The van der Waals surface area contributed by atoms with Crippen LogP contribution in [0.4, 0.5) is 0 Å². The number of unbranched alkanes of at least 4 members (excludes halogenated alkanes) is 3. The number of pyridine rings is 2. The van der Waals surface area contributed by atoms with Crippen molar-refractivity contribution in [3.8, 4) is 11.4 Å². The summed E-state index contributed by atoms with van der Waals surface area (Å²) in [5.41, 5.74) is 5.70. The number of imide groups is 2. The van der Waals surface area contributed by atoms with E-state index in [0.29, 0.717) is 54.6 Å². The predicted molar refractivity (Wildman–Crippen MR) is 290 cm³/mol. The maximum Gasteiger partial charge on any atom is 0.261 e. The maximum absolute atomic E-state index is 12.8. The Hall–Kier alpha value is -5.93. The number of carbonyl (C=O) groups excluding carboxylic acids is 4. The fourth-order valence-electron chi connectivity index (χ4n) is 9.71. The number of para-hydroxylation sites is 2. The Morgan fingerprint density at radius 3 is 1.38 bits per heavy atom. The molecule has 0 unspecified atom stereocenters. The quantitative estimate of drug-likeness (QED) is 0.0562. The van der Waals surface area contributed by atoms with Crippen LogP contribution in [0.25, 0.3) is 33.2 Å². The largest absolute Gasteiger partial charge is 0.332 e. The molecule has 0 N–H and O–H groups in total. The number of hydrogen-bond donors (Lipinski definition) is 0. The van der Waals surface area contributed by atoms with E-state index in [-0.39, 0.29) is 41.9 Å². The van der Waals surface area contributed by atoms with Gasteiger partial charge in [0.05, 0.1) is 80.3 Å². The molecule has 0 bridgehead atoms. The van der Waals surface area contributed by atoms with Gasteiger partial charge in [-0.2, -0.15) is 0 Å². The molecule has 2 aliphatic heterocycles. The Kier molecular flexibility index (Phi) is 17.0. The molecule has 72 heavy (non-hydrogen) atoms. The zero-order valence-electron chi connectivity index (χ0n) is 41.2. The molecule has 370 valence electrons. The molecule has 0 saturated heterocycles. The first kappa shape index (κ1) is 52.4. The third-order valence-corrected chi connectivity index (χ3v) is 30.2. The first-order chi connectivity index (χ1) is 34.8. The Labute approximate surface area is 439 Å². The van der Waals surface area contributed by atoms with E-state index in [1.165, 1.54) is 61.6 Å². The van der Waals surface area contributed by atoms with Crippen LogP contribution in [0, 0.1) is 0 Å². The van der Waals surface area contributed by atoms with Crippen molar-refractivity contribution in [1.29, 1.82) is 0 Å². The summed E-state index contributed by atoms with van der Waals surface area (Å²) in [4.78, 5) is 70.7. The molecule has 4 aromatic carbocycles. The van der Waals surface area contributed by atoms with Crippen molar-refractivity contribution in [2.75, 3.05) is 0 Å². The maximum atomic E-state index is 12.8. The van der Waals surface area contributed by atoms with Crippen LogP contribution in [-0.2, 0) is 27.2 Å². The molecule has 0 fully saturated rings. The number of halogens is 3. The minimum absolute atomic E-state index is 0.0701. The van der Waals surface area contributed by atoms with Gasteiger partial charge in [0.2, 0.25) is 0 Å². The van der Waals surface area contributed by atoms with Crippen LogP contribution in [0.2, 0.25) is 28.5 Å². The van der Waals surface area contributed by atoms with Gasteiger partial charge in [-0.3, -0.25) is 29.0 Å². The number of aryl methyl sites for hydroxylation is 2. The summed E-state index contributed by atoms with van der Waals surface area (Å²) in [7, 11) is 4.07. The summed E-state index contributed by atoms with van der Waals surface area (Å²) >= 11 is 16.5. The van der Waals surface area contributed by atoms with Crippen LogP contribution < -0.4 is 3.71 Å². The van der Waals surface area contributed by atoms with Crippen LogP contribution >= 0.6 is 34.8 Å². The van der Waals surface area contributed by atoms with Gasteiger partial charge in [-0.05, 0) is 48.5 Å². The number of carbonyl (C=O) groups is 4. The van der Waals surface area contributed by atoms with Gasteiger partial charge in [0, 0.05) is 28.9 Å². The second kappa shape index (κ2) is 23.3. The van der Waals surface area contributed by atoms with Gasteiger partial charge in [-0.25, -0.2) is 15.0 Å². The predicted octanol–water partition coefficient (Wildman–Crippen LogP) is 12.9. The first-order valence-corrected chi connectivity index (χ1v) is 33.1. The van der Waals surface area contributed by atoms with E-state index in [1.54, 1.807) is 83.0 Å². The second-order valence-electron chi connectivity index (χ2n) is 18.4. The molecule has 12 nitrogen and oxygen atoms in total. The summed E-state index contributed by atoms with van der Waals surface area (Å²) < 4.78 is 10.5. The molecule has 4 amide bonds. The molecule has 0 aliphatic carbocycles. The van der Waals surface area contributed by atoms with Crippen LogP contribution in [0.1, 0.15) is 112 Å². The molecule has 2 aliphatic rings. The third-order valence-electron chi connectivity index (χ3n) is 13.6. The normalized spacial score (nSPS) is 13.1.